The Bertz CT molecular complexity index is 176. The summed E-state index contributed by atoms with van der Waals surface area (Å²) >= 11 is 0. The van der Waals surface area contributed by atoms with Crippen LogP contribution in [0.3, 0.4) is 0 Å². The second kappa shape index (κ2) is 8.90. The van der Waals surface area contributed by atoms with Gasteiger partial charge in [0.15, 0.2) is 0 Å². The Morgan fingerprint density at radius 1 is 1.29 bits per heavy atom. The summed E-state index contributed by atoms with van der Waals surface area (Å²) in [5, 5.41) is 6.94. The second-order valence-corrected chi connectivity index (χ2v) is 5.48. The molecule has 1 atom stereocenters. The van der Waals surface area contributed by atoms with Crippen molar-refractivity contribution in [3.05, 3.63) is 0 Å². The van der Waals surface area contributed by atoms with Crippen LogP contribution in [0, 0.1) is 5.92 Å². The topological polar surface area (TPSA) is 27.3 Å². The largest absolute Gasteiger partial charge is 0.317 e. The first-order valence-corrected chi connectivity index (χ1v) is 7.36. The first-order valence-electron chi connectivity index (χ1n) is 7.36. The summed E-state index contributed by atoms with van der Waals surface area (Å²) in [5.41, 5.74) is 0. The summed E-state index contributed by atoms with van der Waals surface area (Å²) in [6.07, 6.45) is 5.21. The fraction of sp³-hybridized carbons (Fsp3) is 1.00. The Hall–Kier alpha value is -0.120. The average Bonchev–Trinajstić information content (AvgIpc) is 2.38. The van der Waals surface area contributed by atoms with Gasteiger partial charge in [-0.2, -0.15) is 0 Å². The molecule has 1 aliphatic rings. The molecule has 1 fully saturated rings. The number of likely N-dealkylation sites (tertiary alicyclic amines) is 1. The monoisotopic (exact) mass is 241 g/mol. The quantitative estimate of drug-likeness (QED) is 0.633. The molecule has 0 aromatic rings. The van der Waals surface area contributed by atoms with Gasteiger partial charge in [0, 0.05) is 6.04 Å². The lowest BCUT2D eigenvalue weighted by atomic mass is 10.1. The molecule has 1 unspecified atom stereocenters. The number of rotatable bonds is 8. The number of hydrogen-bond acceptors (Lipinski definition) is 3. The van der Waals surface area contributed by atoms with Gasteiger partial charge in [-0.25, -0.2) is 0 Å². The predicted octanol–water partition coefficient (Wildman–Crippen LogP) is 1.70. The van der Waals surface area contributed by atoms with Crippen molar-refractivity contribution in [1.82, 2.24) is 15.5 Å². The zero-order valence-electron chi connectivity index (χ0n) is 12.0. The molecule has 0 saturated carbocycles. The lowest BCUT2D eigenvalue weighted by molar-refractivity contribution is 0.199. The Morgan fingerprint density at radius 2 is 2.00 bits per heavy atom. The maximum Gasteiger partial charge on any atom is 0.00884 e. The highest BCUT2D eigenvalue weighted by atomic mass is 15.1. The van der Waals surface area contributed by atoms with Gasteiger partial charge in [-0.3, -0.25) is 0 Å². The van der Waals surface area contributed by atoms with Crippen LogP contribution in [-0.2, 0) is 0 Å². The van der Waals surface area contributed by atoms with Gasteiger partial charge < -0.3 is 15.5 Å². The molecule has 1 aliphatic heterocycles. The van der Waals surface area contributed by atoms with Crippen molar-refractivity contribution in [3.63, 3.8) is 0 Å². The van der Waals surface area contributed by atoms with Crippen molar-refractivity contribution in [2.75, 3.05) is 39.8 Å². The van der Waals surface area contributed by atoms with Crippen LogP contribution in [0.2, 0.25) is 0 Å². The summed E-state index contributed by atoms with van der Waals surface area (Å²) in [5.74, 6) is 0.821. The normalized spacial score (nSPS) is 20.6. The van der Waals surface area contributed by atoms with Crippen molar-refractivity contribution in [2.24, 2.45) is 5.92 Å². The van der Waals surface area contributed by atoms with E-state index in [1.165, 1.54) is 58.4 Å². The predicted molar refractivity (Wildman–Crippen MR) is 75.5 cm³/mol. The van der Waals surface area contributed by atoms with Crippen LogP contribution < -0.4 is 10.6 Å². The molecule has 0 spiro atoms. The van der Waals surface area contributed by atoms with E-state index in [0.29, 0.717) is 0 Å². The summed E-state index contributed by atoms with van der Waals surface area (Å²) in [6, 6.07) is 0.759. The van der Waals surface area contributed by atoms with Crippen molar-refractivity contribution in [3.8, 4) is 0 Å². The lowest BCUT2D eigenvalue weighted by Gasteiger charge is -2.31. The van der Waals surface area contributed by atoms with Crippen molar-refractivity contribution >= 4 is 0 Å². The number of nitrogens with zero attached hydrogens (tertiary/aromatic N) is 1. The van der Waals surface area contributed by atoms with Crippen LogP contribution in [0.15, 0.2) is 0 Å². The van der Waals surface area contributed by atoms with E-state index in [9.17, 15) is 0 Å². The molecule has 0 aromatic carbocycles. The first kappa shape index (κ1) is 14.9. The summed E-state index contributed by atoms with van der Waals surface area (Å²) in [7, 11) is 2.08. The van der Waals surface area contributed by atoms with Crippen LogP contribution in [0.5, 0.6) is 0 Å². The molecule has 17 heavy (non-hydrogen) atoms. The molecule has 0 radical (unpaired) electrons. The molecule has 1 saturated heterocycles. The summed E-state index contributed by atoms with van der Waals surface area (Å²) in [4.78, 5) is 2.61. The molecular formula is C14H31N3. The first-order chi connectivity index (χ1) is 8.26. The standard InChI is InChI=1S/C14H31N3/c1-4-13(2)12-16-8-5-9-17-10-6-14(15-3)7-11-17/h13-16H,4-12H2,1-3H3. The zero-order chi connectivity index (χ0) is 12.5. The van der Waals surface area contributed by atoms with Crippen LogP contribution in [0.1, 0.15) is 39.5 Å². The minimum absolute atomic E-state index is 0.759. The molecule has 3 heteroatoms. The zero-order valence-corrected chi connectivity index (χ0v) is 12.0. The smallest absolute Gasteiger partial charge is 0.00884 e. The van der Waals surface area contributed by atoms with E-state index in [0.717, 1.165) is 12.0 Å². The van der Waals surface area contributed by atoms with Gasteiger partial charge in [0.2, 0.25) is 0 Å². The van der Waals surface area contributed by atoms with E-state index in [4.69, 9.17) is 0 Å². The number of hydrogen-bond donors (Lipinski definition) is 2. The van der Waals surface area contributed by atoms with Crippen LogP contribution >= 0.6 is 0 Å². The van der Waals surface area contributed by atoms with E-state index in [1.54, 1.807) is 0 Å². The van der Waals surface area contributed by atoms with E-state index in [1.807, 2.05) is 0 Å². The molecule has 1 rings (SSSR count). The lowest BCUT2D eigenvalue weighted by Crippen LogP contribution is -2.42. The van der Waals surface area contributed by atoms with Crippen LogP contribution in [0.4, 0.5) is 0 Å². The molecule has 0 bridgehead atoms. The molecule has 102 valence electrons. The van der Waals surface area contributed by atoms with Gasteiger partial charge in [-0.15, -0.1) is 0 Å². The molecule has 3 nitrogen and oxygen atoms in total. The van der Waals surface area contributed by atoms with Crippen LogP contribution in [-0.4, -0.2) is 50.7 Å². The van der Waals surface area contributed by atoms with E-state index in [-0.39, 0.29) is 0 Å². The number of nitrogens with one attached hydrogen (secondary N) is 2. The Kier molecular flexibility index (Phi) is 7.82. The minimum atomic E-state index is 0.759. The Balaban J connectivity index is 1.93. The van der Waals surface area contributed by atoms with Crippen molar-refractivity contribution in [2.45, 2.75) is 45.6 Å². The molecule has 1 heterocycles. The Labute approximate surface area is 107 Å². The molecular weight excluding hydrogens is 210 g/mol. The van der Waals surface area contributed by atoms with E-state index < -0.39 is 0 Å². The van der Waals surface area contributed by atoms with Gasteiger partial charge in [-0.1, -0.05) is 20.3 Å². The fourth-order valence-electron chi connectivity index (χ4n) is 2.37. The summed E-state index contributed by atoms with van der Waals surface area (Å²) < 4.78 is 0. The van der Waals surface area contributed by atoms with Gasteiger partial charge in [0.1, 0.15) is 0 Å². The fourth-order valence-corrected chi connectivity index (χ4v) is 2.37. The molecule has 0 amide bonds. The highest BCUT2D eigenvalue weighted by Gasteiger charge is 2.16. The highest BCUT2D eigenvalue weighted by molar-refractivity contribution is 4.75. The van der Waals surface area contributed by atoms with Crippen molar-refractivity contribution in [1.29, 1.82) is 0 Å². The third kappa shape index (κ3) is 6.39. The molecule has 0 aliphatic carbocycles. The van der Waals surface area contributed by atoms with Gasteiger partial charge in [0.05, 0.1) is 0 Å². The SMILES string of the molecule is CCC(C)CNCCCN1CCC(NC)CC1. The van der Waals surface area contributed by atoms with Crippen LogP contribution in [0.25, 0.3) is 0 Å². The third-order valence-electron chi connectivity index (χ3n) is 4.01. The van der Waals surface area contributed by atoms with Gasteiger partial charge >= 0.3 is 0 Å². The molecule has 0 aromatic heterocycles. The van der Waals surface area contributed by atoms with E-state index in [2.05, 4.69) is 36.4 Å². The number of piperidine rings is 1. The molecule has 2 N–H and O–H groups in total. The van der Waals surface area contributed by atoms with E-state index >= 15 is 0 Å². The minimum Gasteiger partial charge on any atom is -0.317 e. The summed E-state index contributed by atoms with van der Waals surface area (Å²) in [6.45, 7) is 10.8. The third-order valence-corrected chi connectivity index (χ3v) is 4.01. The highest BCUT2D eigenvalue weighted by Crippen LogP contribution is 2.09. The maximum absolute atomic E-state index is 3.56. The van der Waals surface area contributed by atoms with Crippen molar-refractivity contribution < 1.29 is 0 Å². The maximum atomic E-state index is 3.56. The second-order valence-electron chi connectivity index (χ2n) is 5.48. The Morgan fingerprint density at radius 3 is 2.59 bits per heavy atom. The van der Waals surface area contributed by atoms with Gasteiger partial charge in [0.25, 0.3) is 0 Å². The average molecular weight is 241 g/mol. The van der Waals surface area contributed by atoms with Gasteiger partial charge in [-0.05, 0) is 65.0 Å².